The van der Waals surface area contributed by atoms with Crippen LogP contribution in [0.1, 0.15) is 35.3 Å². The summed E-state index contributed by atoms with van der Waals surface area (Å²) in [6.45, 7) is 7.95. The minimum atomic E-state index is -0.343. The summed E-state index contributed by atoms with van der Waals surface area (Å²) >= 11 is 0. The van der Waals surface area contributed by atoms with Gasteiger partial charge in [-0.2, -0.15) is 0 Å². The highest BCUT2D eigenvalue weighted by Crippen LogP contribution is 2.32. The van der Waals surface area contributed by atoms with Crippen LogP contribution in [-0.2, 0) is 0 Å². The third-order valence-corrected chi connectivity index (χ3v) is 3.67. The highest BCUT2D eigenvalue weighted by Gasteiger charge is 2.18. The molecule has 0 amide bonds. The number of aryl methyl sites for hydroxylation is 2. The molecule has 2 aromatic carbocycles. The Morgan fingerprint density at radius 1 is 1.10 bits per heavy atom. The monoisotopic (exact) mass is 285 g/mol. The smallest absolute Gasteiger partial charge is 0.162 e. The fraction of sp³-hybridized carbons (Fsp3) is 0.278. The molecule has 110 valence electrons. The first-order valence-corrected chi connectivity index (χ1v) is 7.10. The summed E-state index contributed by atoms with van der Waals surface area (Å²) in [4.78, 5) is 13.9. The molecule has 2 aromatic rings. The van der Waals surface area contributed by atoms with Gasteiger partial charge in [0.1, 0.15) is 5.82 Å². The summed E-state index contributed by atoms with van der Waals surface area (Å²) in [5, 5.41) is 0. The van der Waals surface area contributed by atoms with E-state index >= 15 is 0 Å². The van der Waals surface area contributed by atoms with Gasteiger partial charge >= 0.3 is 0 Å². The van der Waals surface area contributed by atoms with Crippen molar-refractivity contribution in [2.24, 2.45) is 0 Å². The molecule has 0 spiro atoms. The number of hydrogen-bond acceptors (Lipinski definition) is 2. The normalized spacial score (nSPS) is 10.5. The van der Waals surface area contributed by atoms with Crippen LogP contribution >= 0.6 is 0 Å². The van der Waals surface area contributed by atoms with Gasteiger partial charge in [0.15, 0.2) is 5.78 Å². The van der Waals surface area contributed by atoms with E-state index in [-0.39, 0.29) is 11.6 Å². The van der Waals surface area contributed by atoms with Gasteiger partial charge in [-0.15, -0.1) is 0 Å². The molecule has 0 saturated carbocycles. The number of carbonyl (C=O) groups is 1. The SMILES string of the molecule is CCN(c1ccccc1C)c1cc(C)c(F)cc1C(C)=O. The highest BCUT2D eigenvalue weighted by molar-refractivity contribution is 6.00. The Balaban J connectivity index is 2.65. The Hall–Kier alpha value is -2.16. The molecule has 0 bridgehead atoms. The minimum Gasteiger partial charge on any atom is -0.341 e. The van der Waals surface area contributed by atoms with Gasteiger partial charge < -0.3 is 4.90 Å². The molecule has 0 saturated heterocycles. The number of rotatable bonds is 4. The zero-order chi connectivity index (χ0) is 15.6. The lowest BCUT2D eigenvalue weighted by Crippen LogP contribution is -2.20. The minimum absolute atomic E-state index is 0.129. The van der Waals surface area contributed by atoms with Crippen molar-refractivity contribution in [2.45, 2.75) is 27.7 Å². The van der Waals surface area contributed by atoms with Gasteiger partial charge in [0.25, 0.3) is 0 Å². The Kier molecular flexibility index (Phi) is 4.41. The van der Waals surface area contributed by atoms with Crippen LogP contribution in [0.15, 0.2) is 36.4 Å². The fourth-order valence-corrected chi connectivity index (χ4v) is 2.51. The molecule has 0 N–H and O–H groups in total. The Morgan fingerprint density at radius 3 is 2.33 bits per heavy atom. The average molecular weight is 285 g/mol. The van der Waals surface area contributed by atoms with Crippen molar-refractivity contribution in [3.05, 3.63) is 58.9 Å². The molecular formula is C18H20FNO. The van der Waals surface area contributed by atoms with Crippen LogP contribution in [0.2, 0.25) is 0 Å². The van der Waals surface area contributed by atoms with Gasteiger partial charge in [-0.1, -0.05) is 18.2 Å². The number of ketones is 1. The van der Waals surface area contributed by atoms with E-state index < -0.39 is 0 Å². The second kappa shape index (κ2) is 6.08. The standard InChI is InChI=1S/C18H20FNO/c1-5-20(17-9-7-6-8-12(17)2)18-10-13(3)16(19)11-15(18)14(4)21/h6-11H,5H2,1-4H3. The molecule has 0 radical (unpaired) electrons. The van der Waals surface area contributed by atoms with Crippen molar-refractivity contribution >= 4 is 17.2 Å². The van der Waals surface area contributed by atoms with E-state index in [1.807, 2.05) is 38.1 Å². The highest BCUT2D eigenvalue weighted by atomic mass is 19.1. The summed E-state index contributed by atoms with van der Waals surface area (Å²) in [6.07, 6.45) is 0. The summed E-state index contributed by atoms with van der Waals surface area (Å²) in [5.41, 5.74) is 3.88. The van der Waals surface area contributed by atoms with Crippen molar-refractivity contribution in [3.63, 3.8) is 0 Å². The van der Waals surface area contributed by atoms with Gasteiger partial charge in [0, 0.05) is 17.8 Å². The maximum absolute atomic E-state index is 13.8. The largest absolute Gasteiger partial charge is 0.341 e. The molecule has 3 heteroatoms. The number of Topliss-reactive ketones (excluding diaryl/α,β-unsaturated/α-hetero) is 1. The van der Waals surface area contributed by atoms with E-state index in [1.165, 1.54) is 13.0 Å². The Bertz CT molecular complexity index is 679. The number of carbonyl (C=O) groups excluding carboxylic acids is 1. The number of nitrogens with zero attached hydrogens (tertiary/aromatic N) is 1. The van der Waals surface area contributed by atoms with Crippen molar-refractivity contribution in [1.82, 2.24) is 0 Å². The van der Waals surface area contributed by atoms with Crippen LogP contribution < -0.4 is 4.90 Å². The van der Waals surface area contributed by atoms with Gasteiger partial charge in [-0.3, -0.25) is 4.79 Å². The third-order valence-electron chi connectivity index (χ3n) is 3.67. The second-order valence-corrected chi connectivity index (χ2v) is 5.21. The Morgan fingerprint density at radius 2 is 1.76 bits per heavy atom. The number of hydrogen-bond donors (Lipinski definition) is 0. The van der Waals surface area contributed by atoms with Gasteiger partial charge in [-0.05, 0) is 57.0 Å². The van der Waals surface area contributed by atoms with Gasteiger partial charge in [0.05, 0.1) is 5.69 Å². The molecule has 0 aliphatic carbocycles. The van der Waals surface area contributed by atoms with E-state index in [9.17, 15) is 9.18 Å². The topological polar surface area (TPSA) is 20.3 Å². The van der Waals surface area contributed by atoms with Gasteiger partial charge in [-0.25, -0.2) is 4.39 Å². The van der Waals surface area contributed by atoms with Crippen molar-refractivity contribution in [3.8, 4) is 0 Å². The quantitative estimate of drug-likeness (QED) is 0.752. The molecule has 21 heavy (non-hydrogen) atoms. The van der Waals surface area contributed by atoms with Crippen molar-refractivity contribution in [1.29, 1.82) is 0 Å². The average Bonchev–Trinajstić information content (AvgIpc) is 2.44. The lowest BCUT2D eigenvalue weighted by atomic mass is 10.0. The molecule has 0 aliphatic heterocycles. The molecule has 0 fully saturated rings. The summed E-state index contributed by atoms with van der Waals surface area (Å²) in [5.74, 6) is -0.472. The van der Waals surface area contributed by atoms with E-state index in [4.69, 9.17) is 0 Å². The lowest BCUT2D eigenvalue weighted by molar-refractivity contribution is 0.101. The van der Waals surface area contributed by atoms with Crippen LogP contribution in [0.5, 0.6) is 0 Å². The summed E-state index contributed by atoms with van der Waals surface area (Å²) in [7, 11) is 0. The maximum Gasteiger partial charge on any atom is 0.162 e. The molecule has 0 aliphatic rings. The first kappa shape index (κ1) is 15.2. The molecule has 2 rings (SSSR count). The van der Waals surface area contributed by atoms with Crippen LogP contribution in [0.25, 0.3) is 0 Å². The zero-order valence-electron chi connectivity index (χ0n) is 12.9. The second-order valence-electron chi connectivity index (χ2n) is 5.21. The predicted octanol–water partition coefficient (Wildman–Crippen LogP) is 4.80. The number of anilines is 2. The fourth-order valence-electron chi connectivity index (χ4n) is 2.51. The van der Waals surface area contributed by atoms with E-state index in [1.54, 1.807) is 13.0 Å². The lowest BCUT2D eigenvalue weighted by Gasteiger charge is -2.27. The first-order valence-electron chi connectivity index (χ1n) is 7.10. The van der Waals surface area contributed by atoms with Crippen LogP contribution in [0, 0.1) is 19.7 Å². The Labute approximate surface area is 125 Å². The number of para-hydroxylation sites is 1. The van der Waals surface area contributed by atoms with Crippen LogP contribution in [-0.4, -0.2) is 12.3 Å². The third kappa shape index (κ3) is 2.97. The molecule has 2 nitrogen and oxygen atoms in total. The summed E-state index contributed by atoms with van der Waals surface area (Å²) < 4.78 is 13.8. The van der Waals surface area contributed by atoms with E-state index in [0.717, 1.165) is 16.9 Å². The summed E-state index contributed by atoms with van der Waals surface area (Å²) in [6, 6.07) is 11.1. The molecule has 0 unspecified atom stereocenters. The molecule has 0 heterocycles. The maximum atomic E-state index is 13.8. The van der Waals surface area contributed by atoms with Crippen LogP contribution in [0.4, 0.5) is 15.8 Å². The van der Waals surface area contributed by atoms with E-state index in [0.29, 0.717) is 17.7 Å². The van der Waals surface area contributed by atoms with Crippen molar-refractivity contribution in [2.75, 3.05) is 11.4 Å². The number of halogens is 1. The van der Waals surface area contributed by atoms with Gasteiger partial charge in [0.2, 0.25) is 0 Å². The first-order chi connectivity index (χ1) is 9.95. The molecular weight excluding hydrogens is 265 g/mol. The predicted molar refractivity (Wildman–Crippen MR) is 85.0 cm³/mol. The number of benzene rings is 2. The van der Waals surface area contributed by atoms with Crippen LogP contribution in [0.3, 0.4) is 0 Å². The zero-order valence-corrected chi connectivity index (χ0v) is 12.9. The van der Waals surface area contributed by atoms with Crippen molar-refractivity contribution < 1.29 is 9.18 Å². The molecule has 0 aromatic heterocycles. The van der Waals surface area contributed by atoms with E-state index in [2.05, 4.69) is 4.90 Å². The molecule has 0 atom stereocenters.